The van der Waals surface area contributed by atoms with Crippen LogP contribution in [0, 0.1) is 6.92 Å². The number of nitrogens with zero attached hydrogens (tertiary/aromatic N) is 1. The van der Waals surface area contributed by atoms with Gasteiger partial charge in [-0.15, -0.1) is 11.3 Å². The molecule has 1 aliphatic heterocycles. The molecule has 1 fully saturated rings. The van der Waals surface area contributed by atoms with Crippen molar-refractivity contribution in [3.05, 3.63) is 70.5 Å². The van der Waals surface area contributed by atoms with Crippen molar-refractivity contribution < 1.29 is 18.7 Å². The maximum Gasteiger partial charge on any atom is 0.291 e. The van der Waals surface area contributed by atoms with Gasteiger partial charge in [-0.25, -0.2) is 0 Å². The van der Waals surface area contributed by atoms with Crippen molar-refractivity contribution in [1.29, 1.82) is 0 Å². The Morgan fingerprint density at radius 2 is 2.00 bits per heavy atom. The summed E-state index contributed by atoms with van der Waals surface area (Å²) in [6.45, 7) is 7.74. The second-order valence-corrected chi connectivity index (χ2v) is 8.38. The average molecular weight is 427 g/mol. The number of carbonyl (C=O) groups is 1. The zero-order valence-corrected chi connectivity index (χ0v) is 18.0. The molecule has 1 atom stereocenters. The number of rotatable bonds is 7. The van der Waals surface area contributed by atoms with Crippen molar-refractivity contribution in [2.24, 2.45) is 0 Å². The minimum absolute atomic E-state index is 0.0152. The lowest BCUT2D eigenvalue weighted by Crippen LogP contribution is -2.39. The molecule has 4 rings (SSSR count). The molecule has 0 bridgehead atoms. The minimum Gasteiger partial charge on any atom is -0.494 e. The molecule has 1 aliphatic rings. The molecule has 0 aliphatic carbocycles. The third-order valence-electron chi connectivity index (χ3n) is 5.07. The number of nitrogens with one attached hydrogen (secondary N) is 1. The highest BCUT2D eigenvalue weighted by Gasteiger charge is 2.28. The molecule has 0 radical (unpaired) electrons. The molecule has 1 aromatic carbocycles. The number of ether oxygens (including phenoxy) is 2. The molecule has 7 heteroatoms. The van der Waals surface area contributed by atoms with Crippen LogP contribution in [0.5, 0.6) is 5.75 Å². The SMILES string of the molecule is CCOc1ccc([C@@H](c2cc(C)sc2NC(=O)c2ccco2)N2CCOCC2)cc1. The van der Waals surface area contributed by atoms with Gasteiger partial charge in [-0.2, -0.15) is 0 Å². The molecule has 1 saturated heterocycles. The van der Waals surface area contributed by atoms with Gasteiger partial charge >= 0.3 is 0 Å². The van der Waals surface area contributed by atoms with E-state index in [-0.39, 0.29) is 11.9 Å². The summed E-state index contributed by atoms with van der Waals surface area (Å²) in [5.74, 6) is 0.918. The van der Waals surface area contributed by atoms with Crippen LogP contribution in [0.15, 0.2) is 53.1 Å². The molecule has 0 saturated carbocycles. The third-order valence-corrected chi connectivity index (χ3v) is 6.05. The van der Waals surface area contributed by atoms with E-state index in [9.17, 15) is 4.79 Å². The summed E-state index contributed by atoms with van der Waals surface area (Å²) < 4.78 is 16.5. The van der Waals surface area contributed by atoms with Crippen molar-refractivity contribution in [2.45, 2.75) is 19.9 Å². The fourth-order valence-electron chi connectivity index (χ4n) is 3.74. The van der Waals surface area contributed by atoms with E-state index in [2.05, 4.69) is 35.3 Å². The molecule has 158 valence electrons. The number of furan rings is 1. The minimum atomic E-state index is -0.240. The second kappa shape index (κ2) is 9.47. The van der Waals surface area contributed by atoms with E-state index in [0.29, 0.717) is 25.6 Å². The maximum absolute atomic E-state index is 12.6. The highest BCUT2D eigenvalue weighted by atomic mass is 32.1. The first-order valence-corrected chi connectivity index (χ1v) is 11.0. The number of aryl methyl sites for hydroxylation is 1. The molecule has 1 N–H and O–H groups in total. The molecular formula is C23H26N2O4S. The van der Waals surface area contributed by atoms with Crippen LogP contribution in [0.1, 0.15) is 39.5 Å². The van der Waals surface area contributed by atoms with Gasteiger partial charge in [0.2, 0.25) is 0 Å². The fraction of sp³-hybridized carbons (Fsp3) is 0.348. The number of hydrogen-bond donors (Lipinski definition) is 1. The molecule has 6 nitrogen and oxygen atoms in total. The fourth-order valence-corrected chi connectivity index (χ4v) is 4.68. The van der Waals surface area contributed by atoms with E-state index >= 15 is 0 Å². The van der Waals surface area contributed by atoms with Crippen molar-refractivity contribution >= 4 is 22.2 Å². The summed E-state index contributed by atoms with van der Waals surface area (Å²) in [7, 11) is 0. The van der Waals surface area contributed by atoms with E-state index in [0.717, 1.165) is 39.8 Å². The summed E-state index contributed by atoms with van der Waals surface area (Å²) >= 11 is 1.58. The van der Waals surface area contributed by atoms with E-state index in [4.69, 9.17) is 13.9 Å². The molecule has 3 heterocycles. The largest absolute Gasteiger partial charge is 0.494 e. The lowest BCUT2D eigenvalue weighted by atomic mass is 9.97. The predicted octanol–water partition coefficient (Wildman–Crippen LogP) is 4.72. The Morgan fingerprint density at radius 3 is 2.67 bits per heavy atom. The second-order valence-electron chi connectivity index (χ2n) is 7.13. The number of benzene rings is 1. The van der Waals surface area contributed by atoms with Crippen LogP contribution in [-0.4, -0.2) is 43.7 Å². The van der Waals surface area contributed by atoms with Gasteiger partial charge in [0.15, 0.2) is 5.76 Å². The van der Waals surface area contributed by atoms with E-state index in [1.807, 2.05) is 19.1 Å². The van der Waals surface area contributed by atoms with E-state index in [1.54, 1.807) is 23.5 Å². The van der Waals surface area contributed by atoms with Gasteiger partial charge in [0.05, 0.1) is 32.1 Å². The number of anilines is 1. The highest BCUT2D eigenvalue weighted by molar-refractivity contribution is 7.16. The number of hydrogen-bond acceptors (Lipinski definition) is 6. The highest BCUT2D eigenvalue weighted by Crippen LogP contribution is 2.39. The molecule has 0 unspecified atom stereocenters. The van der Waals surface area contributed by atoms with Crippen molar-refractivity contribution in [3.63, 3.8) is 0 Å². The summed E-state index contributed by atoms with van der Waals surface area (Å²) in [6.07, 6.45) is 1.51. The Bertz CT molecular complexity index is 960. The summed E-state index contributed by atoms with van der Waals surface area (Å²) in [4.78, 5) is 16.2. The summed E-state index contributed by atoms with van der Waals surface area (Å²) in [5, 5.41) is 3.90. The molecule has 2 aromatic heterocycles. The first-order valence-electron chi connectivity index (χ1n) is 10.2. The average Bonchev–Trinajstić information content (AvgIpc) is 3.41. The van der Waals surface area contributed by atoms with Gasteiger partial charge in [0.1, 0.15) is 10.8 Å². The monoisotopic (exact) mass is 426 g/mol. The van der Waals surface area contributed by atoms with Crippen LogP contribution >= 0.6 is 11.3 Å². The number of carbonyl (C=O) groups excluding carboxylic acids is 1. The van der Waals surface area contributed by atoms with E-state index < -0.39 is 0 Å². The third kappa shape index (κ3) is 4.59. The zero-order chi connectivity index (χ0) is 20.9. The van der Waals surface area contributed by atoms with Crippen molar-refractivity contribution in [1.82, 2.24) is 4.90 Å². The Labute approximate surface area is 180 Å². The smallest absolute Gasteiger partial charge is 0.291 e. The Kier molecular flexibility index (Phi) is 6.52. The van der Waals surface area contributed by atoms with Crippen LogP contribution in [0.4, 0.5) is 5.00 Å². The van der Waals surface area contributed by atoms with Crippen LogP contribution in [-0.2, 0) is 4.74 Å². The van der Waals surface area contributed by atoms with Gasteiger partial charge in [-0.1, -0.05) is 12.1 Å². The lowest BCUT2D eigenvalue weighted by molar-refractivity contribution is 0.0241. The Hall–Kier alpha value is -2.61. The topological polar surface area (TPSA) is 63.9 Å². The van der Waals surface area contributed by atoms with Gasteiger partial charge in [-0.05, 0) is 49.7 Å². The Balaban J connectivity index is 1.69. The van der Waals surface area contributed by atoms with Crippen molar-refractivity contribution in [3.8, 4) is 5.75 Å². The van der Waals surface area contributed by atoms with Crippen molar-refractivity contribution in [2.75, 3.05) is 38.2 Å². The number of thiophene rings is 1. The van der Waals surface area contributed by atoms with Gasteiger partial charge in [0, 0.05) is 23.5 Å². The van der Waals surface area contributed by atoms with E-state index in [1.165, 1.54) is 6.26 Å². The van der Waals surface area contributed by atoms with Crippen LogP contribution < -0.4 is 10.1 Å². The molecule has 1 amide bonds. The normalized spacial score (nSPS) is 15.7. The van der Waals surface area contributed by atoms with Crippen LogP contribution in [0.2, 0.25) is 0 Å². The number of morpholine rings is 1. The standard InChI is InChI=1S/C23H26N2O4S/c1-3-28-18-8-6-17(7-9-18)21(25-10-13-27-14-11-25)19-15-16(2)30-23(19)24-22(26)20-5-4-12-29-20/h4-9,12,15,21H,3,10-11,13-14H2,1-2H3,(H,24,26)/t21-/m0/s1. The molecule has 3 aromatic rings. The zero-order valence-electron chi connectivity index (χ0n) is 17.2. The van der Waals surface area contributed by atoms with Gasteiger partial charge < -0.3 is 19.2 Å². The summed E-state index contributed by atoms with van der Waals surface area (Å²) in [5.41, 5.74) is 2.25. The lowest BCUT2D eigenvalue weighted by Gasteiger charge is -2.35. The van der Waals surface area contributed by atoms with Crippen LogP contribution in [0.3, 0.4) is 0 Å². The Morgan fingerprint density at radius 1 is 1.23 bits per heavy atom. The van der Waals surface area contributed by atoms with Gasteiger partial charge in [0.25, 0.3) is 5.91 Å². The first-order chi connectivity index (χ1) is 14.7. The van der Waals surface area contributed by atoms with Crippen LogP contribution in [0.25, 0.3) is 0 Å². The molecule has 0 spiro atoms. The predicted molar refractivity (Wildman–Crippen MR) is 118 cm³/mol. The molecular weight excluding hydrogens is 400 g/mol. The summed E-state index contributed by atoms with van der Waals surface area (Å²) in [6, 6.07) is 13.8. The number of amides is 1. The van der Waals surface area contributed by atoms with Gasteiger partial charge in [-0.3, -0.25) is 9.69 Å². The first kappa shape index (κ1) is 20.7. The quantitative estimate of drug-likeness (QED) is 0.592. The maximum atomic E-state index is 12.6. The molecule has 30 heavy (non-hydrogen) atoms.